The van der Waals surface area contributed by atoms with E-state index in [0.29, 0.717) is 16.3 Å². The lowest BCUT2D eigenvalue weighted by molar-refractivity contribution is 0.0684. The quantitative estimate of drug-likeness (QED) is 0.360. The Bertz CT molecular complexity index is 1290. The van der Waals surface area contributed by atoms with Crippen LogP contribution in [0.5, 0.6) is 0 Å². The molecular formula is C24H26Cl2FN3O4S. The molecule has 0 spiro atoms. The van der Waals surface area contributed by atoms with E-state index >= 15 is 0 Å². The highest BCUT2D eigenvalue weighted by Crippen LogP contribution is 2.25. The minimum Gasteiger partial charge on any atom is -0.383 e. The third-order valence-electron chi connectivity index (χ3n) is 5.35. The SMILES string of the molecule is COCCn1c(CN(C(=O)c2ccc(Cl)cc2Cl)C(C)C)cnc1S(=O)(=O)Cc1ccc(F)cc1. The Morgan fingerprint density at radius 3 is 2.46 bits per heavy atom. The number of amides is 1. The van der Waals surface area contributed by atoms with E-state index in [2.05, 4.69) is 4.98 Å². The molecule has 0 unspecified atom stereocenters. The second-order valence-corrected chi connectivity index (χ2v) is 10.9. The molecule has 3 rings (SSSR count). The molecule has 0 saturated carbocycles. The predicted molar refractivity (Wildman–Crippen MR) is 133 cm³/mol. The van der Waals surface area contributed by atoms with E-state index in [1.54, 1.807) is 17.0 Å². The normalized spacial score (nSPS) is 11.7. The van der Waals surface area contributed by atoms with Crippen molar-refractivity contribution < 1.29 is 22.3 Å². The molecule has 3 aromatic rings. The molecule has 0 saturated heterocycles. The first kappa shape index (κ1) is 27.1. The maximum atomic E-state index is 13.3. The van der Waals surface area contributed by atoms with Crippen LogP contribution < -0.4 is 0 Å². The number of halogens is 3. The van der Waals surface area contributed by atoms with Gasteiger partial charge in [0.15, 0.2) is 0 Å². The zero-order valence-corrected chi connectivity index (χ0v) is 21.9. The number of carbonyl (C=O) groups excluding carboxylic acids is 1. The Morgan fingerprint density at radius 1 is 1.17 bits per heavy atom. The van der Waals surface area contributed by atoms with Crippen LogP contribution in [0.25, 0.3) is 0 Å². The van der Waals surface area contributed by atoms with Gasteiger partial charge in [-0.25, -0.2) is 17.8 Å². The fourth-order valence-electron chi connectivity index (χ4n) is 3.53. The van der Waals surface area contributed by atoms with Gasteiger partial charge in [0.25, 0.3) is 5.91 Å². The molecular weight excluding hydrogens is 516 g/mol. The first-order chi connectivity index (χ1) is 16.5. The zero-order valence-electron chi connectivity index (χ0n) is 19.5. The van der Waals surface area contributed by atoms with Crippen molar-refractivity contribution in [3.8, 4) is 0 Å². The van der Waals surface area contributed by atoms with E-state index in [-0.39, 0.29) is 53.1 Å². The topological polar surface area (TPSA) is 81.5 Å². The summed E-state index contributed by atoms with van der Waals surface area (Å²) in [7, 11) is -2.36. The second-order valence-electron chi connectivity index (χ2n) is 8.21. The van der Waals surface area contributed by atoms with Crippen LogP contribution in [0.2, 0.25) is 10.0 Å². The van der Waals surface area contributed by atoms with Gasteiger partial charge in [0.2, 0.25) is 15.0 Å². The monoisotopic (exact) mass is 541 g/mol. The molecule has 35 heavy (non-hydrogen) atoms. The van der Waals surface area contributed by atoms with Gasteiger partial charge in [0.05, 0.1) is 41.4 Å². The van der Waals surface area contributed by atoms with Gasteiger partial charge in [-0.15, -0.1) is 0 Å². The maximum absolute atomic E-state index is 13.3. The molecule has 0 fully saturated rings. The van der Waals surface area contributed by atoms with Crippen LogP contribution in [-0.4, -0.2) is 48.5 Å². The Hall–Kier alpha value is -2.46. The number of ether oxygens (including phenoxy) is 1. The summed E-state index contributed by atoms with van der Waals surface area (Å²) in [5, 5.41) is 0.495. The van der Waals surface area contributed by atoms with Crippen molar-refractivity contribution in [1.82, 2.24) is 14.5 Å². The Kier molecular flexibility index (Phi) is 8.93. The lowest BCUT2D eigenvalue weighted by Crippen LogP contribution is -2.37. The second kappa shape index (κ2) is 11.5. The van der Waals surface area contributed by atoms with Crippen LogP contribution in [0, 0.1) is 5.82 Å². The first-order valence-corrected chi connectivity index (χ1v) is 13.2. The predicted octanol–water partition coefficient (Wildman–Crippen LogP) is 5.00. The highest BCUT2D eigenvalue weighted by atomic mass is 35.5. The summed E-state index contributed by atoms with van der Waals surface area (Å²) in [4.78, 5) is 19.1. The summed E-state index contributed by atoms with van der Waals surface area (Å²) < 4.78 is 46.4. The maximum Gasteiger partial charge on any atom is 0.255 e. The summed E-state index contributed by atoms with van der Waals surface area (Å²) in [6.45, 7) is 4.25. The van der Waals surface area contributed by atoms with E-state index in [9.17, 15) is 17.6 Å². The van der Waals surface area contributed by atoms with Crippen LogP contribution >= 0.6 is 23.2 Å². The number of sulfone groups is 1. The van der Waals surface area contributed by atoms with Gasteiger partial charge in [-0.3, -0.25) is 4.79 Å². The summed E-state index contributed by atoms with van der Waals surface area (Å²) in [6, 6.07) is 9.68. The molecule has 1 heterocycles. The van der Waals surface area contributed by atoms with E-state index in [0.717, 1.165) is 0 Å². The van der Waals surface area contributed by atoms with Crippen molar-refractivity contribution in [3.63, 3.8) is 0 Å². The molecule has 2 aromatic carbocycles. The minimum atomic E-state index is -3.87. The van der Waals surface area contributed by atoms with E-state index in [4.69, 9.17) is 27.9 Å². The first-order valence-electron chi connectivity index (χ1n) is 10.8. The van der Waals surface area contributed by atoms with Crippen molar-refractivity contribution >= 4 is 38.9 Å². The molecule has 0 atom stereocenters. The third-order valence-corrected chi connectivity index (χ3v) is 7.49. The van der Waals surface area contributed by atoms with Crippen molar-refractivity contribution in [2.45, 2.75) is 43.9 Å². The number of nitrogens with zero attached hydrogens (tertiary/aromatic N) is 3. The Labute approximate surface area is 214 Å². The third kappa shape index (κ3) is 6.61. The number of hydrogen-bond acceptors (Lipinski definition) is 5. The smallest absolute Gasteiger partial charge is 0.255 e. The van der Waals surface area contributed by atoms with Crippen LogP contribution in [0.4, 0.5) is 4.39 Å². The Morgan fingerprint density at radius 2 is 1.86 bits per heavy atom. The fraction of sp³-hybridized carbons (Fsp3) is 0.333. The number of imidazole rings is 1. The lowest BCUT2D eigenvalue weighted by Gasteiger charge is -2.28. The molecule has 1 amide bonds. The van der Waals surface area contributed by atoms with Crippen molar-refractivity contribution in [2.75, 3.05) is 13.7 Å². The average molecular weight is 542 g/mol. The molecule has 188 valence electrons. The number of aromatic nitrogens is 2. The van der Waals surface area contributed by atoms with Gasteiger partial charge >= 0.3 is 0 Å². The van der Waals surface area contributed by atoms with Crippen molar-refractivity contribution in [3.05, 3.63) is 81.3 Å². The van der Waals surface area contributed by atoms with Gasteiger partial charge in [-0.1, -0.05) is 35.3 Å². The Balaban J connectivity index is 1.95. The minimum absolute atomic E-state index is 0.0955. The molecule has 11 heteroatoms. The van der Waals surface area contributed by atoms with Gasteiger partial charge in [0, 0.05) is 24.7 Å². The summed E-state index contributed by atoms with van der Waals surface area (Å²) >= 11 is 12.2. The highest BCUT2D eigenvalue weighted by molar-refractivity contribution is 7.90. The van der Waals surface area contributed by atoms with Crippen LogP contribution in [0.15, 0.2) is 53.8 Å². The van der Waals surface area contributed by atoms with E-state index in [1.807, 2.05) is 13.8 Å². The summed E-state index contributed by atoms with van der Waals surface area (Å²) in [5.41, 5.74) is 1.24. The molecule has 0 aliphatic carbocycles. The molecule has 0 aliphatic rings. The number of hydrogen-bond donors (Lipinski definition) is 0. The van der Waals surface area contributed by atoms with Gasteiger partial charge in [-0.2, -0.15) is 0 Å². The fourth-order valence-corrected chi connectivity index (χ4v) is 5.54. The van der Waals surface area contributed by atoms with Crippen molar-refractivity contribution in [1.29, 1.82) is 0 Å². The molecule has 7 nitrogen and oxygen atoms in total. The number of benzene rings is 2. The molecule has 0 bridgehead atoms. The van der Waals surface area contributed by atoms with Crippen LogP contribution in [-0.2, 0) is 33.4 Å². The van der Waals surface area contributed by atoms with Gasteiger partial charge in [0.1, 0.15) is 5.82 Å². The van der Waals surface area contributed by atoms with Crippen molar-refractivity contribution in [2.24, 2.45) is 0 Å². The summed E-state index contributed by atoms with van der Waals surface area (Å²) in [6.07, 6.45) is 1.44. The van der Waals surface area contributed by atoms with Crippen LogP contribution in [0.3, 0.4) is 0 Å². The standard InChI is InChI=1S/C24H26Cl2FN3O4S/c1-16(2)30(23(31)21-9-6-18(25)12-22(21)26)14-20-13-28-24(29(20)10-11-34-3)35(32,33)15-17-4-7-19(27)8-5-17/h4-9,12-13,16H,10-11,14-15H2,1-3H3. The van der Waals surface area contributed by atoms with Crippen LogP contribution in [0.1, 0.15) is 35.5 Å². The highest BCUT2D eigenvalue weighted by Gasteiger charge is 2.27. The summed E-state index contributed by atoms with van der Waals surface area (Å²) in [5.74, 6) is -1.12. The van der Waals surface area contributed by atoms with Gasteiger partial charge < -0.3 is 14.2 Å². The molecule has 0 radical (unpaired) electrons. The number of methoxy groups -OCH3 is 1. The average Bonchev–Trinajstić information content (AvgIpc) is 3.20. The van der Waals surface area contributed by atoms with Gasteiger partial charge in [-0.05, 0) is 49.7 Å². The largest absolute Gasteiger partial charge is 0.383 e. The van der Waals surface area contributed by atoms with E-state index < -0.39 is 15.7 Å². The zero-order chi connectivity index (χ0) is 25.8. The molecule has 0 aliphatic heterocycles. The number of carbonyl (C=O) groups is 1. The number of rotatable bonds is 10. The molecule has 1 aromatic heterocycles. The molecule has 0 N–H and O–H groups in total. The lowest BCUT2D eigenvalue weighted by atomic mass is 10.1. The van der Waals surface area contributed by atoms with E-state index in [1.165, 1.54) is 48.2 Å².